The molecule has 0 spiro atoms. The number of hydrogen-bond donors (Lipinski definition) is 2. The van der Waals surface area contributed by atoms with Crippen molar-refractivity contribution in [1.82, 2.24) is 20.4 Å². The van der Waals surface area contributed by atoms with E-state index in [-0.39, 0.29) is 29.8 Å². The minimum atomic E-state index is -0.178. The summed E-state index contributed by atoms with van der Waals surface area (Å²) in [5.41, 5.74) is 4.35. The number of guanidine groups is 1. The third-order valence-electron chi connectivity index (χ3n) is 4.22. The second-order valence-corrected chi connectivity index (χ2v) is 6.13. The Balaban J connectivity index is 0.00000338. The molecular formula is C19H29FIN5. The number of aryl methyl sites for hydroxylation is 3. The Bertz CT molecular complexity index is 727. The summed E-state index contributed by atoms with van der Waals surface area (Å²) in [5.74, 6) is 0.618. The highest BCUT2D eigenvalue weighted by atomic mass is 127. The molecule has 1 heterocycles. The van der Waals surface area contributed by atoms with E-state index in [1.165, 1.54) is 11.6 Å². The van der Waals surface area contributed by atoms with Crippen LogP contribution in [0.5, 0.6) is 0 Å². The summed E-state index contributed by atoms with van der Waals surface area (Å²) in [6.45, 7) is 8.31. The van der Waals surface area contributed by atoms with Gasteiger partial charge in [-0.1, -0.05) is 12.1 Å². The molecule has 0 saturated heterocycles. The summed E-state index contributed by atoms with van der Waals surface area (Å²) in [5, 5.41) is 11.0. The van der Waals surface area contributed by atoms with E-state index >= 15 is 0 Å². The van der Waals surface area contributed by atoms with Crippen LogP contribution in [0.25, 0.3) is 0 Å². The zero-order valence-electron chi connectivity index (χ0n) is 16.0. The van der Waals surface area contributed by atoms with Crippen LogP contribution in [0.15, 0.2) is 29.3 Å². The first-order valence-corrected chi connectivity index (χ1v) is 8.77. The number of benzene rings is 1. The molecule has 0 bridgehead atoms. The molecule has 0 radical (unpaired) electrons. The van der Waals surface area contributed by atoms with Gasteiger partial charge in [0.2, 0.25) is 0 Å². The number of halogens is 2. The van der Waals surface area contributed by atoms with Crippen molar-refractivity contribution in [3.05, 3.63) is 52.6 Å². The van der Waals surface area contributed by atoms with E-state index in [0.717, 1.165) is 48.8 Å². The first-order chi connectivity index (χ1) is 12.0. The summed E-state index contributed by atoms with van der Waals surface area (Å²) >= 11 is 0. The Hall–Kier alpha value is -1.64. The second kappa shape index (κ2) is 11.2. The van der Waals surface area contributed by atoms with Crippen LogP contribution in [0.2, 0.25) is 0 Å². The molecule has 0 saturated carbocycles. The van der Waals surface area contributed by atoms with Gasteiger partial charge in [-0.3, -0.25) is 4.68 Å². The average molecular weight is 473 g/mol. The van der Waals surface area contributed by atoms with Crippen LogP contribution < -0.4 is 10.6 Å². The van der Waals surface area contributed by atoms with E-state index < -0.39 is 0 Å². The van der Waals surface area contributed by atoms with E-state index in [1.807, 2.05) is 31.6 Å². The molecule has 144 valence electrons. The molecule has 0 unspecified atom stereocenters. The number of aliphatic imine (C=N–C) groups is 1. The fourth-order valence-electron chi connectivity index (χ4n) is 2.74. The van der Waals surface area contributed by atoms with Gasteiger partial charge in [0.15, 0.2) is 5.96 Å². The SMILES string of the molecule is CCNC(=NCc1c(C)nn(C)c1C)NCCCc1cccc(F)c1.I. The predicted molar refractivity (Wildman–Crippen MR) is 116 cm³/mol. The lowest BCUT2D eigenvalue weighted by Crippen LogP contribution is -2.37. The van der Waals surface area contributed by atoms with E-state index in [0.29, 0.717) is 6.54 Å². The lowest BCUT2D eigenvalue weighted by atomic mass is 10.1. The smallest absolute Gasteiger partial charge is 0.191 e. The molecule has 2 N–H and O–H groups in total. The maximum atomic E-state index is 13.2. The van der Waals surface area contributed by atoms with Gasteiger partial charge in [-0.2, -0.15) is 5.10 Å². The van der Waals surface area contributed by atoms with Crippen LogP contribution in [0.4, 0.5) is 4.39 Å². The maximum absolute atomic E-state index is 13.2. The van der Waals surface area contributed by atoms with Crippen molar-refractivity contribution < 1.29 is 4.39 Å². The fourth-order valence-corrected chi connectivity index (χ4v) is 2.74. The molecular weight excluding hydrogens is 444 g/mol. The van der Waals surface area contributed by atoms with Crippen LogP contribution in [-0.4, -0.2) is 28.8 Å². The standard InChI is InChI=1S/C19H28FN5.HI/c1-5-21-19(23-13-18-14(2)24-25(4)15(18)3)22-11-7-9-16-8-6-10-17(20)12-16;/h6,8,10,12H,5,7,9,11,13H2,1-4H3,(H2,21,22,23);1H. The van der Waals surface area contributed by atoms with Crippen molar-refractivity contribution in [3.8, 4) is 0 Å². The van der Waals surface area contributed by atoms with Crippen LogP contribution in [0.1, 0.15) is 35.9 Å². The maximum Gasteiger partial charge on any atom is 0.191 e. The van der Waals surface area contributed by atoms with Crippen LogP contribution in [0, 0.1) is 19.7 Å². The topological polar surface area (TPSA) is 54.2 Å². The van der Waals surface area contributed by atoms with Crippen molar-refractivity contribution in [2.24, 2.45) is 12.0 Å². The Morgan fingerprint density at radius 3 is 2.65 bits per heavy atom. The van der Waals surface area contributed by atoms with Crippen molar-refractivity contribution in [1.29, 1.82) is 0 Å². The van der Waals surface area contributed by atoms with Crippen molar-refractivity contribution in [2.45, 2.75) is 40.2 Å². The Labute approximate surface area is 172 Å². The molecule has 0 atom stereocenters. The van der Waals surface area contributed by atoms with Gasteiger partial charge in [0.1, 0.15) is 5.82 Å². The fraction of sp³-hybridized carbons (Fsp3) is 0.474. The zero-order chi connectivity index (χ0) is 18.2. The number of nitrogens with one attached hydrogen (secondary N) is 2. The summed E-state index contributed by atoms with van der Waals surface area (Å²) in [6, 6.07) is 6.77. The molecule has 0 aliphatic heterocycles. The summed E-state index contributed by atoms with van der Waals surface area (Å²) in [7, 11) is 1.95. The monoisotopic (exact) mass is 473 g/mol. The average Bonchev–Trinajstić information content (AvgIpc) is 2.82. The highest BCUT2D eigenvalue weighted by molar-refractivity contribution is 14.0. The number of aromatic nitrogens is 2. The van der Waals surface area contributed by atoms with E-state index in [4.69, 9.17) is 0 Å². The van der Waals surface area contributed by atoms with Gasteiger partial charge < -0.3 is 10.6 Å². The molecule has 0 fully saturated rings. The first kappa shape index (κ1) is 22.4. The first-order valence-electron chi connectivity index (χ1n) is 8.77. The lowest BCUT2D eigenvalue weighted by molar-refractivity contribution is 0.624. The minimum Gasteiger partial charge on any atom is -0.357 e. The van der Waals surface area contributed by atoms with Gasteiger partial charge in [-0.15, -0.1) is 24.0 Å². The van der Waals surface area contributed by atoms with Crippen LogP contribution in [0.3, 0.4) is 0 Å². The Kier molecular flexibility index (Phi) is 9.61. The third-order valence-corrected chi connectivity index (χ3v) is 4.22. The van der Waals surface area contributed by atoms with E-state index in [1.54, 1.807) is 12.1 Å². The molecule has 26 heavy (non-hydrogen) atoms. The molecule has 1 aromatic carbocycles. The van der Waals surface area contributed by atoms with E-state index in [9.17, 15) is 4.39 Å². The van der Waals surface area contributed by atoms with Gasteiger partial charge in [0, 0.05) is 31.4 Å². The molecule has 0 aliphatic rings. The van der Waals surface area contributed by atoms with Crippen molar-refractivity contribution >= 4 is 29.9 Å². The molecule has 2 rings (SSSR count). The second-order valence-electron chi connectivity index (χ2n) is 6.13. The van der Waals surface area contributed by atoms with E-state index in [2.05, 4.69) is 27.6 Å². The predicted octanol–water partition coefficient (Wildman–Crippen LogP) is 3.48. The summed E-state index contributed by atoms with van der Waals surface area (Å²) < 4.78 is 15.1. The van der Waals surface area contributed by atoms with Gasteiger partial charge in [0.25, 0.3) is 0 Å². The summed E-state index contributed by atoms with van der Waals surface area (Å²) in [4.78, 5) is 4.66. The molecule has 0 amide bonds. The Morgan fingerprint density at radius 1 is 1.27 bits per heavy atom. The molecule has 2 aromatic rings. The lowest BCUT2D eigenvalue weighted by Gasteiger charge is -2.11. The number of hydrogen-bond acceptors (Lipinski definition) is 2. The van der Waals surface area contributed by atoms with Crippen molar-refractivity contribution in [2.75, 3.05) is 13.1 Å². The normalized spacial score (nSPS) is 11.2. The highest BCUT2D eigenvalue weighted by Gasteiger charge is 2.08. The summed E-state index contributed by atoms with van der Waals surface area (Å²) in [6.07, 6.45) is 1.75. The quantitative estimate of drug-likeness (QED) is 0.280. The van der Waals surface area contributed by atoms with Crippen molar-refractivity contribution in [3.63, 3.8) is 0 Å². The zero-order valence-corrected chi connectivity index (χ0v) is 18.3. The minimum absolute atomic E-state index is 0. The number of rotatable bonds is 7. The molecule has 0 aliphatic carbocycles. The van der Waals surface area contributed by atoms with Gasteiger partial charge in [0.05, 0.1) is 12.2 Å². The third kappa shape index (κ3) is 6.59. The van der Waals surface area contributed by atoms with Crippen LogP contribution in [-0.2, 0) is 20.0 Å². The van der Waals surface area contributed by atoms with Gasteiger partial charge in [-0.25, -0.2) is 9.38 Å². The molecule has 5 nitrogen and oxygen atoms in total. The van der Waals surface area contributed by atoms with Crippen LogP contribution >= 0.6 is 24.0 Å². The van der Waals surface area contributed by atoms with Gasteiger partial charge in [-0.05, 0) is 51.3 Å². The molecule has 1 aromatic heterocycles. The molecule has 7 heteroatoms. The highest BCUT2D eigenvalue weighted by Crippen LogP contribution is 2.12. The largest absolute Gasteiger partial charge is 0.357 e. The Morgan fingerprint density at radius 2 is 2.04 bits per heavy atom. The number of nitrogens with zero attached hydrogens (tertiary/aromatic N) is 3. The van der Waals surface area contributed by atoms with Gasteiger partial charge >= 0.3 is 0 Å².